The van der Waals surface area contributed by atoms with E-state index >= 15 is 0 Å². The van der Waals surface area contributed by atoms with Crippen molar-refractivity contribution in [2.24, 2.45) is 26.8 Å². The molecule has 6 rings (SSSR count). The smallest absolute Gasteiger partial charge is 0.253 e. The van der Waals surface area contributed by atoms with E-state index in [4.69, 9.17) is 15.0 Å². The molecule has 0 unspecified atom stereocenters. The summed E-state index contributed by atoms with van der Waals surface area (Å²) in [4.78, 5) is 40.5. The fraction of sp³-hybridized carbons (Fsp3) is 0.382. The molecular weight excluding hydrogens is 540 g/mol. The molecule has 6 aliphatic rings. The molecule has 0 radical (unpaired) electrons. The summed E-state index contributed by atoms with van der Waals surface area (Å²) < 4.78 is 0. The van der Waals surface area contributed by atoms with Crippen LogP contribution in [0.4, 0.5) is 0 Å². The lowest BCUT2D eigenvalue weighted by molar-refractivity contribution is -0.121. The van der Waals surface area contributed by atoms with E-state index in [-0.39, 0.29) is 23.7 Å². The normalized spacial score (nSPS) is 24.3. The molecule has 1 fully saturated rings. The minimum Gasteiger partial charge on any atom is -0.511 e. The van der Waals surface area contributed by atoms with Crippen molar-refractivity contribution in [3.63, 3.8) is 0 Å². The third-order valence-electron chi connectivity index (χ3n) is 9.47. The second kappa shape index (κ2) is 10.6. The lowest BCUT2D eigenvalue weighted by Crippen LogP contribution is -2.21. The molecule has 0 aromatic rings. The summed E-state index contributed by atoms with van der Waals surface area (Å²) in [5, 5.41) is 20.4. The number of aliphatic imine (C=N–C) groups is 3. The highest BCUT2D eigenvalue weighted by atomic mass is 16.3. The third kappa shape index (κ3) is 4.49. The Balaban J connectivity index is 1.61. The molecule has 9 nitrogen and oxygen atoms in total. The maximum atomic E-state index is 13.1. The molecule has 1 aliphatic carbocycles. The maximum Gasteiger partial charge on any atom is 0.253 e. The second-order valence-corrected chi connectivity index (χ2v) is 11.8. The summed E-state index contributed by atoms with van der Waals surface area (Å²) in [6, 6.07) is 0. The van der Waals surface area contributed by atoms with Crippen molar-refractivity contribution < 1.29 is 14.7 Å². The number of hydrogen-bond acceptors (Lipinski definition) is 7. The van der Waals surface area contributed by atoms with Crippen LogP contribution in [0.2, 0.25) is 0 Å². The number of aliphatic hydroxyl groups is 1. The molecule has 222 valence electrons. The Morgan fingerprint density at radius 1 is 0.977 bits per heavy atom. The van der Waals surface area contributed by atoms with Gasteiger partial charge in [0.15, 0.2) is 0 Å². The number of allylic oxidation sites excluding steroid dienone is 11. The van der Waals surface area contributed by atoms with Crippen LogP contribution in [0.5, 0.6) is 0 Å². The number of hydrogen-bond donors (Lipinski definition) is 4. The first-order valence-corrected chi connectivity index (χ1v) is 15.0. The van der Waals surface area contributed by atoms with Crippen molar-refractivity contribution in [3.8, 4) is 0 Å². The Hall–Kier alpha value is -4.53. The molecule has 1 saturated heterocycles. The fourth-order valence-corrected chi connectivity index (χ4v) is 6.93. The highest BCUT2D eigenvalue weighted by Crippen LogP contribution is 2.46. The molecule has 0 aromatic carbocycles. The van der Waals surface area contributed by atoms with Crippen LogP contribution in [-0.2, 0) is 9.59 Å². The molecule has 2 amide bonds. The van der Waals surface area contributed by atoms with Crippen LogP contribution >= 0.6 is 0 Å². The summed E-state index contributed by atoms with van der Waals surface area (Å²) in [5.74, 6) is 0.143. The average Bonchev–Trinajstić information content (AvgIpc) is 3.74. The van der Waals surface area contributed by atoms with Gasteiger partial charge in [-0.2, -0.15) is 0 Å². The molecule has 9 heteroatoms. The minimum atomic E-state index is -0.197. The first kappa shape index (κ1) is 28.6. The van der Waals surface area contributed by atoms with Gasteiger partial charge in [-0.05, 0) is 74.1 Å². The number of aliphatic hydroxyl groups excluding tert-OH is 1. The largest absolute Gasteiger partial charge is 0.511 e. The highest BCUT2D eigenvalue weighted by Gasteiger charge is 2.41. The molecule has 5 aliphatic heterocycles. The van der Waals surface area contributed by atoms with Crippen LogP contribution < -0.4 is 16.0 Å². The summed E-state index contributed by atoms with van der Waals surface area (Å²) in [7, 11) is 3.28. The van der Waals surface area contributed by atoms with Gasteiger partial charge in [-0.25, -0.2) is 15.0 Å². The topological polar surface area (TPSA) is 128 Å². The summed E-state index contributed by atoms with van der Waals surface area (Å²) >= 11 is 0. The second-order valence-electron chi connectivity index (χ2n) is 11.8. The van der Waals surface area contributed by atoms with Crippen LogP contribution in [0, 0.1) is 11.8 Å². The molecule has 43 heavy (non-hydrogen) atoms. The third-order valence-corrected chi connectivity index (χ3v) is 9.47. The number of nitrogens with zero attached hydrogens (tertiary/aromatic N) is 3. The zero-order chi connectivity index (χ0) is 30.7. The van der Waals surface area contributed by atoms with Crippen molar-refractivity contribution in [2.45, 2.75) is 60.3 Å². The first-order valence-electron chi connectivity index (χ1n) is 15.0. The quantitative estimate of drug-likeness (QED) is 0.369. The lowest BCUT2D eigenvalue weighted by Gasteiger charge is -2.17. The maximum absolute atomic E-state index is 13.1. The zero-order valence-electron chi connectivity index (χ0n) is 25.8. The van der Waals surface area contributed by atoms with E-state index < -0.39 is 0 Å². The van der Waals surface area contributed by atoms with E-state index in [0.29, 0.717) is 42.0 Å². The Bertz CT molecular complexity index is 1750. The summed E-state index contributed by atoms with van der Waals surface area (Å²) in [6.45, 7) is 10.2. The predicted octanol–water partition coefficient (Wildman–Crippen LogP) is 4.93. The van der Waals surface area contributed by atoms with Crippen LogP contribution in [0.3, 0.4) is 0 Å². The molecule has 2 atom stereocenters. The lowest BCUT2D eigenvalue weighted by atomic mass is 9.86. The van der Waals surface area contributed by atoms with Crippen molar-refractivity contribution >= 4 is 28.9 Å². The van der Waals surface area contributed by atoms with Crippen molar-refractivity contribution in [1.29, 1.82) is 0 Å². The standard InChI is InChI=1S/C34H38N6O3/c1-8-19-15(2)22-14-27-30(34(43)36-7)17(4)24(38-27)12-23-16(3)20(9-10-29(42)35-6)32(39-23)21-11-28(41)31-18(5)25(40-33(21)31)13-26(19)37-22/h12-14,16,20,39,41H,8-11H2,1-7H3,(H,35,42)(H,36,43)/t16-,20-/m0/s1. The highest BCUT2D eigenvalue weighted by molar-refractivity contribution is 6.22. The number of nitrogens with one attached hydrogen (secondary N) is 3. The number of rotatable bonds is 5. The molecule has 0 aromatic heterocycles. The zero-order valence-corrected chi connectivity index (χ0v) is 25.8. The fourth-order valence-electron chi connectivity index (χ4n) is 6.93. The van der Waals surface area contributed by atoms with Crippen molar-refractivity contribution in [2.75, 3.05) is 14.1 Å². The van der Waals surface area contributed by atoms with Crippen LogP contribution in [0.15, 0.2) is 106 Å². The summed E-state index contributed by atoms with van der Waals surface area (Å²) in [6.07, 6.45) is 8.11. The van der Waals surface area contributed by atoms with Gasteiger partial charge in [-0.15, -0.1) is 0 Å². The van der Waals surface area contributed by atoms with Gasteiger partial charge in [-0.1, -0.05) is 13.8 Å². The van der Waals surface area contributed by atoms with Gasteiger partial charge in [0.1, 0.15) is 5.76 Å². The average molecular weight is 579 g/mol. The Morgan fingerprint density at radius 3 is 2.40 bits per heavy atom. The molecule has 0 spiro atoms. The predicted molar refractivity (Wildman–Crippen MR) is 169 cm³/mol. The van der Waals surface area contributed by atoms with Gasteiger partial charge in [0.25, 0.3) is 5.91 Å². The minimum absolute atomic E-state index is 0.00496. The van der Waals surface area contributed by atoms with Crippen LogP contribution in [-0.4, -0.2) is 48.2 Å². The molecule has 8 bridgehead atoms. The number of carbonyl (C=O) groups is 2. The van der Waals surface area contributed by atoms with Gasteiger partial charge < -0.3 is 21.1 Å². The number of amides is 2. The van der Waals surface area contributed by atoms with E-state index in [1.54, 1.807) is 14.1 Å². The number of fused-ring (bicyclic) bond motifs is 5. The summed E-state index contributed by atoms with van der Waals surface area (Å²) in [5.41, 5.74) is 12.5. The Kier molecular flexibility index (Phi) is 7.07. The van der Waals surface area contributed by atoms with E-state index in [0.717, 1.165) is 74.1 Å². The van der Waals surface area contributed by atoms with E-state index in [1.165, 1.54) is 0 Å². The van der Waals surface area contributed by atoms with Gasteiger partial charge in [0, 0.05) is 61.3 Å². The van der Waals surface area contributed by atoms with Crippen LogP contribution in [0.25, 0.3) is 0 Å². The molecule has 0 saturated carbocycles. The van der Waals surface area contributed by atoms with Gasteiger partial charge in [-0.3, -0.25) is 9.59 Å². The van der Waals surface area contributed by atoms with Gasteiger partial charge in [0.2, 0.25) is 5.91 Å². The first-order chi connectivity index (χ1) is 20.6. The number of likely N-dealkylation sites (N-methyl/N-ethyl adjacent to an activating group) is 1. The van der Waals surface area contributed by atoms with Crippen molar-refractivity contribution in [3.05, 3.63) is 91.5 Å². The Labute approximate surface area is 252 Å². The molecular formula is C34H38N6O3. The van der Waals surface area contributed by atoms with E-state index in [2.05, 4.69) is 36.7 Å². The van der Waals surface area contributed by atoms with Gasteiger partial charge >= 0.3 is 0 Å². The Morgan fingerprint density at radius 2 is 1.70 bits per heavy atom. The molecule has 4 N–H and O–H groups in total. The molecule has 5 heterocycles. The van der Waals surface area contributed by atoms with Gasteiger partial charge in [0.05, 0.1) is 39.8 Å². The number of carbonyl (C=O) groups excluding carboxylic acids is 2. The monoisotopic (exact) mass is 578 g/mol. The van der Waals surface area contributed by atoms with Crippen LogP contribution in [0.1, 0.15) is 60.3 Å². The SMILES string of the molecule is CCC1=C(C)C2=NC1=CC1=C(C)C3=C(O)CC(=C4NC(=CC5=NC(=C2)C(C(=O)NC)=C5C)[C@@H](C)[C@@H]4CCC(=O)NC)C3=N1. The van der Waals surface area contributed by atoms with Crippen molar-refractivity contribution in [1.82, 2.24) is 16.0 Å². The van der Waals surface area contributed by atoms with E-state index in [1.807, 2.05) is 32.1 Å². The van der Waals surface area contributed by atoms with E-state index in [9.17, 15) is 14.7 Å².